The first-order valence-corrected chi connectivity index (χ1v) is 13.2. The number of hydrazine groups is 1. The van der Waals surface area contributed by atoms with Crippen molar-refractivity contribution in [2.45, 2.75) is 39.7 Å². The van der Waals surface area contributed by atoms with Crippen LogP contribution in [0.15, 0.2) is 42.7 Å². The Bertz CT molecular complexity index is 1350. The first-order valence-electron chi connectivity index (χ1n) is 12.0. The van der Waals surface area contributed by atoms with E-state index in [1.54, 1.807) is 43.3 Å². The molecule has 1 amide bonds. The average molecular weight is 540 g/mol. The third kappa shape index (κ3) is 6.24. The molecule has 0 saturated heterocycles. The Labute approximate surface area is 228 Å². The second kappa shape index (κ2) is 11.8. The summed E-state index contributed by atoms with van der Waals surface area (Å²) < 4.78 is 10.6. The summed E-state index contributed by atoms with van der Waals surface area (Å²) in [6, 6.07) is 9.24. The summed E-state index contributed by atoms with van der Waals surface area (Å²) in [4.78, 5) is 17.5. The average Bonchev–Trinajstić information content (AvgIpc) is 3.24. The summed E-state index contributed by atoms with van der Waals surface area (Å²) in [6.07, 6.45) is 5.05. The maximum absolute atomic E-state index is 13.4. The van der Waals surface area contributed by atoms with Gasteiger partial charge in [0.25, 0.3) is 5.91 Å². The Balaban J connectivity index is 1.95. The summed E-state index contributed by atoms with van der Waals surface area (Å²) in [5.41, 5.74) is 11.3. The van der Waals surface area contributed by atoms with Crippen LogP contribution in [-0.4, -0.2) is 33.9 Å². The number of carbonyl (C=O) groups excluding carboxylic acids is 1. The quantitative estimate of drug-likeness (QED) is 0.154. The van der Waals surface area contributed by atoms with E-state index in [4.69, 9.17) is 16.3 Å². The second-order valence-electron chi connectivity index (χ2n) is 9.88. The number of benzene rings is 2. The molecule has 1 aromatic heterocycles. The number of nitrogens with zero attached hydrogens (tertiary/aromatic N) is 3. The van der Waals surface area contributed by atoms with E-state index in [0.717, 1.165) is 16.8 Å². The minimum atomic E-state index is -0.310. The van der Waals surface area contributed by atoms with Crippen molar-refractivity contribution in [2.75, 3.05) is 28.4 Å². The molecule has 11 heteroatoms. The van der Waals surface area contributed by atoms with Crippen molar-refractivity contribution >= 4 is 40.6 Å². The van der Waals surface area contributed by atoms with Crippen molar-refractivity contribution in [1.29, 1.82) is 0 Å². The van der Waals surface area contributed by atoms with Crippen LogP contribution in [0.1, 0.15) is 53.8 Å². The van der Waals surface area contributed by atoms with Gasteiger partial charge in [-0.2, -0.15) is 0 Å². The molecule has 2 aromatic carbocycles. The van der Waals surface area contributed by atoms with Gasteiger partial charge in [-0.1, -0.05) is 38.8 Å². The molecule has 38 heavy (non-hydrogen) atoms. The van der Waals surface area contributed by atoms with E-state index in [0.29, 0.717) is 39.9 Å². The SMILES string of the molecule is COc1c(NSC)cc(C(C)(C)C)cc1NC(=O)c1ccc(C)c(N(N)/C=C(\N)c2cnc(CO)n2C)c1. The Hall–Kier alpha value is -3.67. The molecule has 0 atom stereocenters. The maximum atomic E-state index is 13.4. The number of carbonyl (C=O) groups is 1. The van der Waals surface area contributed by atoms with Crippen LogP contribution in [0.2, 0.25) is 0 Å². The number of nitrogens with one attached hydrogen (secondary N) is 2. The van der Waals surface area contributed by atoms with Gasteiger partial charge < -0.3 is 30.2 Å². The highest BCUT2D eigenvalue weighted by Crippen LogP contribution is 2.39. The molecule has 7 N–H and O–H groups in total. The largest absolute Gasteiger partial charge is 0.492 e. The van der Waals surface area contributed by atoms with Crippen LogP contribution in [-0.2, 0) is 19.1 Å². The molecule has 204 valence electrons. The molecule has 0 spiro atoms. The lowest BCUT2D eigenvalue weighted by Gasteiger charge is -2.24. The van der Waals surface area contributed by atoms with Gasteiger partial charge in [-0.3, -0.25) is 9.80 Å². The number of amides is 1. The van der Waals surface area contributed by atoms with Gasteiger partial charge >= 0.3 is 0 Å². The third-order valence-corrected chi connectivity index (χ3v) is 6.59. The number of aromatic nitrogens is 2. The minimum Gasteiger partial charge on any atom is -0.492 e. The van der Waals surface area contributed by atoms with Crippen LogP contribution in [0.5, 0.6) is 5.75 Å². The summed E-state index contributed by atoms with van der Waals surface area (Å²) in [6.45, 7) is 8.03. The Morgan fingerprint density at radius 3 is 2.53 bits per heavy atom. The second-order valence-corrected chi connectivity index (χ2v) is 10.5. The van der Waals surface area contributed by atoms with Gasteiger partial charge in [0.15, 0.2) is 5.75 Å². The van der Waals surface area contributed by atoms with Crippen molar-refractivity contribution in [3.63, 3.8) is 0 Å². The molecule has 0 aliphatic rings. The zero-order valence-electron chi connectivity index (χ0n) is 22.9. The van der Waals surface area contributed by atoms with Gasteiger partial charge in [-0.25, -0.2) is 10.8 Å². The zero-order valence-corrected chi connectivity index (χ0v) is 23.7. The Morgan fingerprint density at radius 1 is 1.26 bits per heavy atom. The topological polar surface area (TPSA) is 144 Å². The van der Waals surface area contributed by atoms with Crippen LogP contribution in [0.3, 0.4) is 0 Å². The van der Waals surface area contributed by atoms with E-state index in [1.165, 1.54) is 17.0 Å². The summed E-state index contributed by atoms with van der Waals surface area (Å²) in [5.74, 6) is 7.06. The number of imidazole rings is 1. The van der Waals surface area contributed by atoms with Gasteiger partial charge in [-0.05, 0) is 47.7 Å². The first-order chi connectivity index (χ1) is 17.9. The molecule has 1 heterocycles. The first kappa shape index (κ1) is 28.9. The van der Waals surface area contributed by atoms with E-state index in [1.807, 2.05) is 31.4 Å². The highest BCUT2D eigenvalue weighted by molar-refractivity contribution is 7.99. The summed E-state index contributed by atoms with van der Waals surface area (Å²) in [7, 11) is 3.33. The minimum absolute atomic E-state index is 0.143. The number of ether oxygens (including phenoxy) is 1. The fraction of sp³-hybridized carbons (Fsp3) is 0.333. The van der Waals surface area contributed by atoms with E-state index in [9.17, 15) is 9.90 Å². The van der Waals surface area contributed by atoms with Gasteiger partial charge in [0.1, 0.15) is 12.4 Å². The van der Waals surface area contributed by atoms with Gasteiger partial charge in [0.2, 0.25) is 0 Å². The lowest BCUT2D eigenvalue weighted by molar-refractivity contribution is 0.102. The molecule has 0 saturated carbocycles. The predicted molar refractivity (Wildman–Crippen MR) is 156 cm³/mol. The number of rotatable bonds is 9. The van der Waals surface area contributed by atoms with Gasteiger partial charge in [0, 0.05) is 25.1 Å². The maximum Gasteiger partial charge on any atom is 0.255 e. The van der Waals surface area contributed by atoms with Gasteiger partial charge in [-0.15, -0.1) is 0 Å². The monoisotopic (exact) mass is 539 g/mol. The fourth-order valence-corrected chi connectivity index (χ4v) is 4.30. The highest BCUT2D eigenvalue weighted by atomic mass is 32.2. The van der Waals surface area contributed by atoms with Crippen LogP contribution < -0.4 is 31.4 Å². The molecule has 10 nitrogen and oxygen atoms in total. The number of hydrogen-bond acceptors (Lipinski definition) is 9. The Morgan fingerprint density at radius 2 is 1.95 bits per heavy atom. The van der Waals surface area contributed by atoms with Crippen LogP contribution in [0.4, 0.5) is 17.1 Å². The number of methoxy groups -OCH3 is 1. The molecule has 0 radical (unpaired) electrons. The smallest absolute Gasteiger partial charge is 0.255 e. The highest BCUT2D eigenvalue weighted by Gasteiger charge is 2.21. The summed E-state index contributed by atoms with van der Waals surface area (Å²) >= 11 is 1.45. The third-order valence-electron chi connectivity index (χ3n) is 6.17. The number of aliphatic hydroxyl groups excluding tert-OH is 1. The molecule has 3 aromatic rings. The van der Waals surface area contributed by atoms with E-state index >= 15 is 0 Å². The predicted octanol–water partition coefficient (Wildman–Crippen LogP) is 4.11. The standard InChI is InChI=1S/C27H37N7O3S/c1-16-8-9-17(10-22(16)34(29)14-19(28)23-13-30-24(15-35)33(23)5)26(36)31-20-11-18(27(2,3)4)12-21(32-38-7)25(20)37-6/h8-14,32,35H,15,28-29H2,1-7H3,(H,31,36)/b19-14-. The number of aryl methyl sites for hydroxylation is 1. The van der Waals surface area contributed by atoms with E-state index in [2.05, 4.69) is 35.8 Å². The molecule has 0 aliphatic heterocycles. The lowest BCUT2D eigenvalue weighted by atomic mass is 9.86. The normalized spacial score (nSPS) is 11.9. The van der Waals surface area contributed by atoms with Crippen molar-refractivity contribution in [2.24, 2.45) is 18.6 Å². The summed E-state index contributed by atoms with van der Waals surface area (Å²) in [5, 5.41) is 13.8. The number of nitrogens with two attached hydrogens (primary N) is 2. The number of hydrogen-bond donors (Lipinski definition) is 5. The van der Waals surface area contributed by atoms with Crippen molar-refractivity contribution < 1.29 is 14.6 Å². The molecule has 0 fully saturated rings. The fourth-order valence-electron chi connectivity index (χ4n) is 3.93. The lowest BCUT2D eigenvalue weighted by Crippen LogP contribution is -2.27. The van der Waals surface area contributed by atoms with Crippen molar-refractivity contribution in [3.05, 3.63) is 70.9 Å². The zero-order chi connectivity index (χ0) is 28.2. The van der Waals surface area contributed by atoms with Crippen LogP contribution in [0, 0.1) is 6.92 Å². The molecular formula is C27H37N7O3S. The van der Waals surface area contributed by atoms with E-state index < -0.39 is 0 Å². The Kier molecular flexibility index (Phi) is 8.97. The number of anilines is 3. The molecule has 3 rings (SSSR count). The molecular weight excluding hydrogens is 502 g/mol. The van der Waals surface area contributed by atoms with Crippen LogP contribution >= 0.6 is 11.9 Å². The van der Waals surface area contributed by atoms with Gasteiger partial charge in [0.05, 0.1) is 41.8 Å². The van der Waals surface area contributed by atoms with Crippen LogP contribution in [0.25, 0.3) is 5.70 Å². The van der Waals surface area contributed by atoms with E-state index in [-0.39, 0.29) is 17.9 Å². The number of aliphatic hydroxyl groups is 1. The van der Waals surface area contributed by atoms with Crippen molar-refractivity contribution in [3.8, 4) is 5.75 Å². The van der Waals surface area contributed by atoms with Crippen molar-refractivity contribution in [1.82, 2.24) is 9.55 Å². The molecule has 0 unspecified atom stereocenters. The molecule has 0 aliphatic carbocycles. The molecule has 0 bridgehead atoms.